The number of aromatic nitrogens is 2. The van der Waals surface area contributed by atoms with Gasteiger partial charge >= 0.3 is 12.2 Å². The number of urea groups is 1. The van der Waals surface area contributed by atoms with E-state index in [-0.39, 0.29) is 24.4 Å². The summed E-state index contributed by atoms with van der Waals surface area (Å²) in [6, 6.07) is 12.3. The molecule has 0 radical (unpaired) electrons. The third-order valence-electron chi connectivity index (χ3n) is 6.17. The zero-order valence-corrected chi connectivity index (χ0v) is 19.7. The number of para-hydroxylation sites is 1. The van der Waals surface area contributed by atoms with Crippen LogP contribution >= 0.6 is 0 Å². The fourth-order valence-electron chi connectivity index (χ4n) is 4.46. The van der Waals surface area contributed by atoms with Crippen LogP contribution in [0.25, 0.3) is 11.3 Å². The van der Waals surface area contributed by atoms with Gasteiger partial charge in [0.25, 0.3) is 0 Å². The molecule has 2 saturated heterocycles. The number of nitrogens with zero attached hydrogens (tertiary/aromatic N) is 2. The van der Waals surface area contributed by atoms with Gasteiger partial charge in [-0.1, -0.05) is 18.2 Å². The minimum atomic E-state index is -4.50. The average molecular weight is 515 g/mol. The van der Waals surface area contributed by atoms with Gasteiger partial charge in [-0.25, -0.2) is 14.8 Å². The van der Waals surface area contributed by atoms with Crippen molar-refractivity contribution in [1.82, 2.24) is 15.3 Å². The lowest BCUT2D eigenvalue weighted by Crippen LogP contribution is -2.46. The third-order valence-corrected chi connectivity index (χ3v) is 6.17. The normalized spacial score (nSPS) is 22.8. The van der Waals surface area contributed by atoms with E-state index >= 15 is 0 Å². The van der Waals surface area contributed by atoms with E-state index in [1.54, 1.807) is 19.4 Å². The van der Waals surface area contributed by atoms with Crippen LogP contribution in [-0.4, -0.2) is 60.6 Å². The maximum absolute atomic E-state index is 12.9. The zero-order chi connectivity index (χ0) is 26.0. The van der Waals surface area contributed by atoms with Gasteiger partial charge in [0, 0.05) is 17.4 Å². The molecule has 2 aliphatic rings. The van der Waals surface area contributed by atoms with Crippen LogP contribution in [-0.2, 0) is 15.7 Å². The first kappa shape index (κ1) is 24.8. The summed E-state index contributed by atoms with van der Waals surface area (Å²) >= 11 is 0. The first-order chi connectivity index (χ1) is 17.8. The fourth-order valence-corrected chi connectivity index (χ4v) is 4.46. The van der Waals surface area contributed by atoms with Crippen molar-refractivity contribution >= 4 is 17.7 Å². The number of amides is 2. The van der Waals surface area contributed by atoms with Crippen molar-refractivity contribution in [3.05, 3.63) is 66.4 Å². The summed E-state index contributed by atoms with van der Waals surface area (Å²) in [6.45, 7) is 0.483. The van der Waals surface area contributed by atoms with E-state index in [0.717, 1.165) is 17.7 Å². The highest BCUT2D eigenvalue weighted by Crippen LogP contribution is 2.32. The van der Waals surface area contributed by atoms with Gasteiger partial charge < -0.3 is 30.2 Å². The SMILES string of the molecule is COc1ccccc1-c1ccnc(N[C@H]2CO[C@H]3[C@@H]2OC[C@@H]3NC(=O)Nc2cccc(C(F)(F)F)c2)n1. The number of alkyl halides is 3. The van der Waals surface area contributed by atoms with Crippen LogP contribution in [0.2, 0.25) is 0 Å². The van der Waals surface area contributed by atoms with Gasteiger partial charge in [0.15, 0.2) is 0 Å². The number of rotatable bonds is 6. The molecule has 3 N–H and O–H groups in total. The standard InChI is InChI=1S/C25H24F3N5O4/c1-35-20-8-3-2-7-16(20)17-9-10-29-23(31-17)32-18-12-36-22-19(13-37-21(18)22)33-24(34)30-15-6-4-5-14(11-15)25(26,27)28/h2-11,18-19,21-22H,12-13H2,1H3,(H,29,31,32)(H2,30,33,34)/t18-,19-,21+,22+/m0/s1. The third kappa shape index (κ3) is 5.44. The van der Waals surface area contributed by atoms with Gasteiger partial charge in [0.2, 0.25) is 5.95 Å². The van der Waals surface area contributed by atoms with Crippen LogP contribution in [0.15, 0.2) is 60.8 Å². The molecule has 2 fully saturated rings. The van der Waals surface area contributed by atoms with Gasteiger partial charge in [-0.3, -0.25) is 0 Å². The molecule has 12 heteroatoms. The van der Waals surface area contributed by atoms with E-state index in [4.69, 9.17) is 14.2 Å². The second-order valence-corrected chi connectivity index (χ2v) is 8.60. The summed E-state index contributed by atoms with van der Waals surface area (Å²) < 4.78 is 56.0. The highest BCUT2D eigenvalue weighted by Gasteiger charge is 2.48. The molecule has 4 atom stereocenters. The number of ether oxygens (including phenoxy) is 3. The largest absolute Gasteiger partial charge is 0.496 e. The van der Waals surface area contributed by atoms with Crippen LogP contribution in [0.4, 0.5) is 29.6 Å². The highest BCUT2D eigenvalue weighted by atomic mass is 19.4. The number of anilines is 2. The number of methoxy groups -OCH3 is 1. The Labute approximate surface area is 210 Å². The predicted molar refractivity (Wildman–Crippen MR) is 128 cm³/mol. The Morgan fingerprint density at radius 1 is 1.03 bits per heavy atom. The summed E-state index contributed by atoms with van der Waals surface area (Å²) in [5.41, 5.74) is 0.689. The van der Waals surface area contributed by atoms with Crippen molar-refractivity contribution in [3.63, 3.8) is 0 Å². The Bertz CT molecular complexity index is 1270. The second kappa shape index (κ2) is 10.2. The Morgan fingerprint density at radius 3 is 2.57 bits per heavy atom. The van der Waals surface area contributed by atoms with E-state index < -0.39 is 29.9 Å². The monoisotopic (exact) mass is 515 g/mol. The van der Waals surface area contributed by atoms with Crippen molar-refractivity contribution in [3.8, 4) is 17.0 Å². The van der Waals surface area contributed by atoms with Gasteiger partial charge in [-0.2, -0.15) is 13.2 Å². The lowest BCUT2D eigenvalue weighted by atomic mass is 10.1. The van der Waals surface area contributed by atoms with E-state index in [9.17, 15) is 18.0 Å². The van der Waals surface area contributed by atoms with E-state index in [0.29, 0.717) is 24.0 Å². The first-order valence-electron chi connectivity index (χ1n) is 11.5. The highest BCUT2D eigenvalue weighted by molar-refractivity contribution is 5.89. The summed E-state index contributed by atoms with van der Waals surface area (Å²) in [5, 5.41) is 8.41. The summed E-state index contributed by atoms with van der Waals surface area (Å²) in [7, 11) is 1.59. The molecule has 9 nitrogen and oxygen atoms in total. The van der Waals surface area contributed by atoms with E-state index in [1.807, 2.05) is 24.3 Å². The van der Waals surface area contributed by atoms with Crippen LogP contribution in [0.5, 0.6) is 5.75 Å². The number of hydrogen-bond acceptors (Lipinski definition) is 7. The van der Waals surface area contributed by atoms with Crippen LogP contribution < -0.4 is 20.7 Å². The Hall–Kier alpha value is -3.90. The molecule has 37 heavy (non-hydrogen) atoms. The predicted octanol–water partition coefficient (Wildman–Crippen LogP) is 3.94. The summed E-state index contributed by atoms with van der Waals surface area (Å²) in [6.07, 6.45) is -3.68. The first-order valence-corrected chi connectivity index (χ1v) is 11.5. The molecule has 0 unspecified atom stereocenters. The molecule has 0 spiro atoms. The van der Waals surface area contributed by atoms with Crippen molar-refractivity contribution < 1.29 is 32.2 Å². The maximum atomic E-state index is 12.9. The van der Waals surface area contributed by atoms with Crippen molar-refractivity contribution in [2.75, 3.05) is 31.0 Å². The quantitative estimate of drug-likeness (QED) is 0.457. The summed E-state index contributed by atoms with van der Waals surface area (Å²) in [4.78, 5) is 21.4. The van der Waals surface area contributed by atoms with Crippen LogP contribution in [0.3, 0.4) is 0 Å². The van der Waals surface area contributed by atoms with Gasteiger partial charge in [0.1, 0.15) is 18.0 Å². The van der Waals surface area contributed by atoms with Crippen molar-refractivity contribution in [1.29, 1.82) is 0 Å². The van der Waals surface area contributed by atoms with Gasteiger partial charge in [-0.15, -0.1) is 0 Å². The van der Waals surface area contributed by atoms with Crippen molar-refractivity contribution in [2.24, 2.45) is 0 Å². The molecule has 194 valence electrons. The molecule has 2 aromatic carbocycles. The smallest absolute Gasteiger partial charge is 0.416 e. The molecule has 1 aromatic heterocycles. The van der Waals surface area contributed by atoms with E-state index in [2.05, 4.69) is 25.9 Å². The van der Waals surface area contributed by atoms with Gasteiger partial charge in [-0.05, 0) is 36.4 Å². The van der Waals surface area contributed by atoms with Crippen molar-refractivity contribution in [2.45, 2.75) is 30.5 Å². The molecule has 0 bridgehead atoms. The Balaban J connectivity index is 1.20. The second-order valence-electron chi connectivity index (χ2n) is 8.60. The number of carbonyl (C=O) groups is 1. The Kier molecular flexibility index (Phi) is 6.85. The number of fused-ring (bicyclic) bond motifs is 1. The number of halogens is 3. The molecule has 5 rings (SSSR count). The topological polar surface area (TPSA) is 107 Å². The molecule has 2 aliphatic heterocycles. The fraction of sp³-hybridized carbons (Fsp3) is 0.320. The molecule has 2 amide bonds. The van der Waals surface area contributed by atoms with Crippen LogP contribution in [0.1, 0.15) is 5.56 Å². The minimum Gasteiger partial charge on any atom is -0.496 e. The average Bonchev–Trinajstić information content (AvgIpc) is 3.47. The lowest BCUT2D eigenvalue weighted by molar-refractivity contribution is -0.137. The molecular formula is C25H24F3N5O4. The van der Waals surface area contributed by atoms with Gasteiger partial charge in [0.05, 0.1) is 43.7 Å². The molecule has 0 aliphatic carbocycles. The number of nitrogens with one attached hydrogen (secondary N) is 3. The maximum Gasteiger partial charge on any atom is 0.416 e. The molecule has 3 heterocycles. The number of benzene rings is 2. The summed E-state index contributed by atoms with van der Waals surface area (Å²) in [5.74, 6) is 1.08. The Morgan fingerprint density at radius 2 is 1.78 bits per heavy atom. The zero-order valence-electron chi connectivity index (χ0n) is 19.7. The lowest BCUT2D eigenvalue weighted by Gasteiger charge is -2.19. The van der Waals surface area contributed by atoms with Crippen LogP contribution in [0, 0.1) is 0 Å². The van der Waals surface area contributed by atoms with E-state index in [1.165, 1.54) is 12.1 Å². The molecule has 0 saturated carbocycles. The minimum absolute atomic E-state index is 0.0294. The molecular weight excluding hydrogens is 491 g/mol. The number of hydrogen-bond donors (Lipinski definition) is 3. The molecule has 3 aromatic rings. The number of carbonyl (C=O) groups excluding carboxylic acids is 1.